The van der Waals surface area contributed by atoms with Gasteiger partial charge in [-0.15, -0.1) is 0 Å². The van der Waals surface area contributed by atoms with Gasteiger partial charge >= 0.3 is 0 Å². The van der Waals surface area contributed by atoms with Gasteiger partial charge in [-0.1, -0.05) is 11.8 Å². The van der Waals surface area contributed by atoms with E-state index in [0.29, 0.717) is 5.92 Å². The molecule has 1 atom stereocenters. The van der Waals surface area contributed by atoms with Gasteiger partial charge in [-0.05, 0) is 36.5 Å². The number of amidine groups is 1. The Morgan fingerprint density at radius 1 is 1.79 bits per heavy atom. The quantitative estimate of drug-likeness (QED) is 0.340. The van der Waals surface area contributed by atoms with Gasteiger partial charge in [0.05, 0.1) is 0 Å². The molecule has 0 saturated carbocycles. The highest BCUT2D eigenvalue weighted by molar-refractivity contribution is 8.13. The molecule has 1 fully saturated rings. The molecule has 5 heteroatoms. The summed E-state index contributed by atoms with van der Waals surface area (Å²) in [6, 6.07) is 0. The molecular weight excluding hydrogens is 214 g/mol. The fraction of sp³-hybridized carbons (Fsp3) is 0.778. The second-order valence-electron chi connectivity index (χ2n) is 3.17. The Bertz CT molecular complexity index is 229. The van der Waals surface area contributed by atoms with Crippen molar-refractivity contribution < 1.29 is 0 Å². The highest BCUT2D eigenvalue weighted by atomic mass is 32.2. The Labute approximate surface area is 93.7 Å². The van der Waals surface area contributed by atoms with Gasteiger partial charge in [0, 0.05) is 6.54 Å². The predicted molar refractivity (Wildman–Crippen MR) is 64.6 cm³/mol. The second-order valence-corrected chi connectivity index (χ2v) is 5.11. The third-order valence-corrected chi connectivity index (χ3v) is 4.01. The van der Waals surface area contributed by atoms with Crippen molar-refractivity contribution in [1.82, 2.24) is 5.32 Å². The first-order chi connectivity index (χ1) is 6.86. The van der Waals surface area contributed by atoms with Crippen molar-refractivity contribution in [2.24, 2.45) is 10.9 Å². The molecule has 1 saturated heterocycles. The van der Waals surface area contributed by atoms with E-state index in [1.165, 1.54) is 36.1 Å². The Hall–Kier alpha value is -0.340. The molecule has 1 aliphatic heterocycles. The van der Waals surface area contributed by atoms with Crippen LogP contribution in [-0.2, 0) is 0 Å². The Balaban J connectivity index is 2.31. The van der Waals surface area contributed by atoms with E-state index in [0.717, 1.165) is 11.7 Å². The maximum absolute atomic E-state index is 8.45. The molecule has 0 aromatic rings. The van der Waals surface area contributed by atoms with Gasteiger partial charge in [0.2, 0.25) is 0 Å². The van der Waals surface area contributed by atoms with Crippen molar-refractivity contribution in [1.29, 1.82) is 5.26 Å². The molecule has 0 bridgehead atoms. The van der Waals surface area contributed by atoms with Gasteiger partial charge in [-0.25, -0.2) is 0 Å². The van der Waals surface area contributed by atoms with Gasteiger partial charge in [-0.2, -0.15) is 17.0 Å². The normalized spacial score (nSPS) is 22.9. The van der Waals surface area contributed by atoms with Gasteiger partial charge in [0.1, 0.15) is 0 Å². The van der Waals surface area contributed by atoms with Gasteiger partial charge < -0.3 is 0 Å². The molecule has 1 unspecified atom stereocenters. The third kappa shape index (κ3) is 4.25. The molecule has 0 radical (unpaired) electrons. The summed E-state index contributed by atoms with van der Waals surface area (Å²) < 4.78 is 0. The lowest BCUT2D eigenvalue weighted by atomic mass is 10.1. The van der Waals surface area contributed by atoms with Crippen LogP contribution in [0.2, 0.25) is 0 Å². The number of nitrogens with zero attached hydrogens (tertiary/aromatic N) is 2. The smallest absolute Gasteiger partial charge is 0.183 e. The fourth-order valence-corrected chi connectivity index (χ4v) is 2.86. The number of nitriles is 1. The maximum atomic E-state index is 8.45. The van der Waals surface area contributed by atoms with E-state index in [2.05, 4.69) is 10.3 Å². The molecule has 0 amide bonds. The second kappa shape index (κ2) is 7.02. The summed E-state index contributed by atoms with van der Waals surface area (Å²) in [6.45, 7) is 0.859. The highest BCUT2D eigenvalue weighted by Crippen LogP contribution is 2.22. The summed E-state index contributed by atoms with van der Waals surface area (Å²) in [5.41, 5.74) is 0. The third-order valence-electron chi connectivity index (χ3n) is 2.10. The highest BCUT2D eigenvalue weighted by Gasteiger charge is 2.13. The van der Waals surface area contributed by atoms with Crippen LogP contribution in [0.3, 0.4) is 0 Å². The first kappa shape index (κ1) is 11.7. The van der Waals surface area contributed by atoms with Crippen LogP contribution in [0.15, 0.2) is 4.99 Å². The summed E-state index contributed by atoms with van der Waals surface area (Å²) in [5, 5.41) is 11.8. The van der Waals surface area contributed by atoms with Crippen LogP contribution in [0.5, 0.6) is 0 Å². The average Bonchev–Trinajstić information content (AvgIpc) is 2.25. The lowest BCUT2D eigenvalue weighted by molar-refractivity contribution is 0.536. The molecule has 1 heterocycles. The summed E-state index contributed by atoms with van der Waals surface area (Å²) in [4.78, 5) is 4.39. The first-order valence-electron chi connectivity index (χ1n) is 4.68. The van der Waals surface area contributed by atoms with Crippen LogP contribution < -0.4 is 5.32 Å². The standard InChI is InChI=1S/C9H15N3S2/c1-13-9(12-7-10)11-5-8-3-2-4-14-6-8/h8H,2-6H2,1H3,(H,11,12). The molecule has 0 aromatic carbocycles. The zero-order valence-electron chi connectivity index (χ0n) is 8.32. The number of thioether (sulfide) groups is 2. The van der Waals surface area contributed by atoms with Crippen molar-refractivity contribution in [2.75, 3.05) is 24.3 Å². The first-order valence-corrected chi connectivity index (χ1v) is 7.06. The van der Waals surface area contributed by atoms with Crippen LogP contribution in [-0.4, -0.2) is 29.5 Å². The molecule has 0 aliphatic carbocycles. The van der Waals surface area contributed by atoms with Gasteiger partial charge in [-0.3, -0.25) is 10.3 Å². The SMILES string of the molecule is CSC(=NCC1CCCSC1)NC#N. The summed E-state index contributed by atoms with van der Waals surface area (Å²) >= 11 is 3.51. The van der Waals surface area contributed by atoms with Gasteiger partial charge in [0.15, 0.2) is 11.4 Å². The van der Waals surface area contributed by atoms with Crippen molar-refractivity contribution in [3.05, 3.63) is 0 Å². The zero-order valence-corrected chi connectivity index (χ0v) is 9.96. The van der Waals surface area contributed by atoms with E-state index in [1.807, 2.05) is 24.2 Å². The largest absolute Gasteiger partial charge is 0.272 e. The molecule has 0 spiro atoms. The van der Waals surface area contributed by atoms with Crippen molar-refractivity contribution in [2.45, 2.75) is 12.8 Å². The Kier molecular flexibility index (Phi) is 5.88. The van der Waals surface area contributed by atoms with E-state index >= 15 is 0 Å². The number of hydrogen-bond acceptors (Lipinski definition) is 4. The molecule has 1 aliphatic rings. The lowest BCUT2D eigenvalue weighted by Crippen LogP contribution is -2.18. The molecule has 78 valence electrons. The van der Waals surface area contributed by atoms with Crippen LogP contribution in [0.1, 0.15) is 12.8 Å². The fourth-order valence-electron chi connectivity index (χ4n) is 1.37. The van der Waals surface area contributed by atoms with E-state index in [9.17, 15) is 0 Å². The molecule has 3 nitrogen and oxygen atoms in total. The van der Waals surface area contributed by atoms with Crippen molar-refractivity contribution >= 4 is 28.7 Å². The van der Waals surface area contributed by atoms with E-state index < -0.39 is 0 Å². The molecular formula is C9H15N3S2. The van der Waals surface area contributed by atoms with Gasteiger partial charge in [0.25, 0.3) is 0 Å². The number of aliphatic imine (C=N–C) groups is 1. The van der Waals surface area contributed by atoms with E-state index in [1.54, 1.807) is 0 Å². The lowest BCUT2D eigenvalue weighted by Gasteiger charge is -2.19. The predicted octanol–water partition coefficient (Wildman–Crippen LogP) is 1.92. The minimum absolute atomic E-state index is 0.705. The van der Waals surface area contributed by atoms with E-state index in [-0.39, 0.29) is 0 Å². The minimum Gasteiger partial charge on any atom is -0.272 e. The van der Waals surface area contributed by atoms with E-state index in [4.69, 9.17) is 5.26 Å². The van der Waals surface area contributed by atoms with Crippen LogP contribution in [0, 0.1) is 17.4 Å². The molecule has 1 rings (SSSR count). The minimum atomic E-state index is 0.705. The zero-order chi connectivity index (χ0) is 10.2. The van der Waals surface area contributed by atoms with Crippen LogP contribution >= 0.6 is 23.5 Å². The number of nitrogens with one attached hydrogen (secondary N) is 1. The number of rotatable bonds is 2. The topological polar surface area (TPSA) is 48.2 Å². The Morgan fingerprint density at radius 2 is 2.64 bits per heavy atom. The summed E-state index contributed by atoms with van der Waals surface area (Å²) in [6.07, 6.45) is 6.42. The van der Waals surface area contributed by atoms with Crippen LogP contribution in [0.25, 0.3) is 0 Å². The number of hydrogen-bond donors (Lipinski definition) is 1. The summed E-state index contributed by atoms with van der Waals surface area (Å²) in [7, 11) is 0. The average molecular weight is 229 g/mol. The summed E-state index contributed by atoms with van der Waals surface area (Å²) in [5.74, 6) is 3.22. The van der Waals surface area contributed by atoms with Crippen LogP contribution in [0.4, 0.5) is 0 Å². The Morgan fingerprint density at radius 3 is 3.21 bits per heavy atom. The monoisotopic (exact) mass is 229 g/mol. The molecule has 14 heavy (non-hydrogen) atoms. The van der Waals surface area contributed by atoms with Crippen molar-refractivity contribution in [3.8, 4) is 6.19 Å². The maximum Gasteiger partial charge on any atom is 0.183 e. The van der Waals surface area contributed by atoms with Crippen molar-refractivity contribution in [3.63, 3.8) is 0 Å². The molecule has 0 aromatic heterocycles. The molecule has 1 N–H and O–H groups in total.